The lowest BCUT2D eigenvalue weighted by atomic mass is 10.2. The standard InChI is InChI=1S/C20H20ClN3O3S/c21-16-9-13(10-17-18(16)27-8-2-7-26-17)12-28-20-23-22-19(14-4-5-14)24(20)11-15-3-1-6-25-15/h1,3,6,9-10,14H,2,4-5,7-8,11-12H2. The van der Waals surface area contributed by atoms with E-state index < -0.39 is 0 Å². The van der Waals surface area contributed by atoms with Crippen molar-refractivity contribution in [2.45, 2.75) is 42.6 Å². The minimum absolute atomic E-state index is 0.518. The summed E-state index contributed by atoms with van der Waals surface area (Å²) >= 11 is 8.07. The molecule has 3 aromatic rings. The summed E-state index contributed by atoms with van der Waals surface area (Å²) in [5.41, 5.74) is 1.07. The van der Waals surface area contributed by atoms with Crippen molar-refractivity contribution < 1.29 is 13.9 Å². The molecule has 5 rings (SSSR count). The zero-order valence-corrected chi connectivity index (χ0v) is 16.8. The summed E-state index contributed by atoms with van der Waals surface area (Å²) in [6.07, 6.45) is 4.91. The van der Waals surface area contributed by atoms with Crippen molar-refractivity contribution in [3.63, 3.8) is 0 Å². The van der Waals surface area contributed by atoms with Crippen LogP contribution in [0, 0.1) is 0 Å². The lowest BCUT2D eigenvalue weighted by Gasteiger charge is -2.12. The molecule has 1 aliphatic heterocycles. The third-order valence-electron chi connectivity index (χ3n) is 4.81. The second-order valence-electron chi connectivity index (χ2n) is 7.02. The number of thioether (sulfide) groups is 1. The number of nitrogens with zero attached hydrogens (tertiary/aromatic N) is 3. The first-order valence-corrected chi connectivity index (χ1v) is 10.8. The number of rotatable bonds is 6. The number of hydrogen-bond donors (Lipinski definition) is 0. The molecule has 0 bridgehead atoms. The van der Waals surface area contributed by atoms with Gasteiger partial charge in [0.25, 0.3) is 0 Å². The van der Waals surface area contributed by atoms with Gasteiger partial charge in [-0.3, -0.25) is 4.57 Å². The number of fused-ring (bicyclic) bond motifs is 1. The molecule has 0 unspecified atom stereocenters. The lowest BCUT2D eigenvalue weighted by molar-refractivity contribution is 0.297. The van der Waals surface area contributed by atoms with Crippen molar-refractivity contribution in [2.24, 2.45) is 0 Å². The third kappa shape index (κ3) is 3.73. The molecule has 0 N–H and O–H groups in total. The van der Waals surface area contributed by atoms with Crippen molar-refractivity contribution in [3.05, 3.63) is 52.7 Å². The number of hydrogen-bond acceptors (Lipinski definition) is 6. The predicted molar refractivity (Wildman–Crippen MR) is 106 cm³/mol. The highest BCUT2D eigenvalue weighted by molar-refractivity contribution is 7.98. The molecule has 0 amide bonds. The number of ether oxygens (including phenoxy) is 2. The highest BCUT2D eigenvalue weighted by Gasteiger charge is 2.30. The molecule has 28 heavy (non-hydrogen) atoms. The molecule has 1 fully saturated rings. The normalized spacial score (nSPS) is 16.2. The molecule has 0 saturated heterocycles. The van der Waals surface area contributed by atoms with Gasteiger partial charge in [0.05, 0.1) is 31.0 Å². The fourth-order valence-corrected chi connectivity index (χ4v) is 4.44. The van der Waals surface area contributed by atoms with E-state index in [9.17, 15) is 0 Å². The van der Waals surface area contributed by atoms with Crippen LogP contribution in [0.4, 0.5) is 0 Å². The Morgan fingerprint density at radius 1 is 1.18 bits per heavy atom. The fourth-order valence-electron chi connectivity index (χ4n) is 3.27. The maximum atomic E-state index is 6.42. The summed E-state index contributed by atoms with van der Waals surface area (Å²) in [4.78, 5) is 0. The molecule has 2 aromatic heterocycles. The molecule has 8 heteroatoms. The molecule has 1 aromatic carbocycles. The van der Waals surface area contributed by atoms with Crippen molar-refractivity contribution in [1.29, 1.82) is 0 Å². The highest BCUT2D eigenvalue weighted by Crippen LogP contribution is 2.41. The van der Waals surface area contributed by atoms with Gasteiger partial charge < -0.3 is 13.9 Å². The average molecular weight is 418 g/mol. The maximum absolute atomic E-state index is 6.42. The Bertz CT molecular complexity index is 969. The lowest BCUT2D eigenvalue weighted by Crippen LogP contribution is -2.05. The minimum atomic E-state index is 0.518. The third-order valence-corrected chi connectivity index (χ3v) is 6.13. The molecule has 0 spiro atoms. The van der Waals surface area contributed by atoms with Gasteiger partial charge in [0.2, 0.25) is 0 Å². The summed E-state index contributed by atoms with van der Waals surface area (Å²) < 4.78 is 19.2. The number of furan rings is 1. The second-order valence-corrected chi connectivity index (χ2v) is 8.37. The molecular weight excluding hydrogens is 398 g/mol. The molecular formula is C20H20ClN3O3S. The maximum Gasteiger partial charge on any atom is 0.191 e. The van der Waals surface area contributed by atoms with Gasteiger partial charge in [0.1, 0.15) is 11.6 Å². The van der Waals surface area contributed by atoms with Crippen molar-refractivity contribution in [1.82, 2.24) is 14.8 Å². The van der Waals surface area contributed by atoms with Crippen LogP contribution < -0.4 is 9.47 Å². The van der Waals surface area contributed by atoms with Crippen LogP contribution in [0.3, 0.4) is 0 Å². The van der Waals surface area contributed by atoms with E-state index in [1.807, 2.05) is 24.3 Å². The van der Waals surface area contributed by atoms with Gasteiger partial charge in [-0.25, -0.2) is 0 Å². The van der Waals surface area contributed by atoms with Gasteiger partial charge in [-0.2, -0.15) is 0 Å². The Kier molecular flexibility index (Phi) is 4.94. The predicted octanol–water partition coefficient (Wildman–Crippen LogP) is 4.90. The van der Waals surface area contributed by atoms with Crippen LogP contribution in [0.15, 0.2) is 40.1 Å². The van der Waals surface area contributed by atoms with Gasteiger partial charge >= 0.3 is 0 Å². The van der Waals surface area contributed by atoms with Crippen LogP contribution in [0.1, 0.15) is 42.3 Å². The number of benzene rings is 1. The average Bonchev–Trinajstić information content (AvgIpc) is 3.34. The van der Waals surface area contributed by atoms with E-state index in [0.29, 0.717) is 36.4 Å². The zero-order valence-electron chi connectivity index (χ0n) is 15.3. The monoisotopic (exact) mass is 417 g/mol. The van der Waals surface area contributed by atoms with Crippen LogP contribution in [0.25, 0.3) is 0 Å². The number of halogens is 1. The molecule has 6 nitrogen and oxygen atoms in total. The smallest absolute Gasteiger partial charge is 0.191 e. The van der Waals surface area contributed by atoms with Gasteiger partial charge in [-0.15, -0.1) is 10.2 Å². The van der Waals surface area contributed by atoms with Crippen LogP contribution in [-0.2, 0) is 12.3 Å². The van der Waals surface area contributed by atoms with E-state index in [0.717, 1.165) is 40.2 Å². The van der Waals surface area contributed by atoms with Gasteiger partial charge in [0.15, 0.2) is 16.7 Å². The van der Waals surface area contributed by atoms with Crippen LogP contribution in [0.5, 0.6) is 11.5 Å². The SMILES string of the molecule is Clc1cc(CSc2nnc(C3CC3)n2Cc2ccco2)cc2c1OCCCO2. The fraction of sp³-hybridized carbons (Fsp3) is 0.400. The Morgan fingerprint density at radius 2 is 2.07 bits per heavy atom. The Labute approximate surface area is 172 Å². The largest absolute Gasteiger partial charge is 0.489 e. The Morgan fingerprint density at radius 3 is 2.89 bits per heavy atom. The molecule has 1 saturated carbocycles. The van der Waals surface area contributed by atoms with E-state index in [4.69, 9.17) is 25.5 Å². The second kappa shape index (κ2) is 7.72. The number of aromatic nitrogens is 3. The summed E-state index contributed by atoms with van der Waals surface area (Å²) in [6, 6.07) is 7.84. The van der Waals surface area contributed by atoms with Crippen LogP contribution >= 0.6 is 23.4 Å². The Balaban J connectivity index is 1.37. The summed E-state index contributed by atoms with van der Waals surface area (Å²) in [7, 11) is 0. The Hall–Kier alpha value is -2.12. The molecule has 3 heterocycles. The van der Waals surface area contributed by atoms with E-state index in [1.54, 1.807) is 18.0 Å². The topological polar surface area (TPSA) is 62.3 Å². The van der Waals surface area contributed by atoms with Crippen LogP contribution in [-0.4, -0.2) is 28.0 Å². The summed E-state index contributed by atoms with van der Waals surface area (Å²) in [5, 5.41) is 10.4. The molecule has 2 aliphatic rings. The minimum Gasteiger partial charge on any atom is -0.489 e. The van der Waals surface area contributed by atoms with E-state index in [2.05, 4.69) is 14.8 Å². The molecule has 0 atom stereocenters. The molecule has 146 valence electrons. The van der Waals surface area contributed by atoms with Gasteiger partial charge in [0, 0.05) is 18.1 Å². The molecule has 1 aliphatic carbocycles. The van der Waals surface area contributed by atoms with Crippen molar-refractivity contribution >= 4 is 23.4 Å². The van der Waals surface area contributed by atoms with Crippen molar-refractivity contribution in [3.8, 4) is 11.5 Å². The van der Waals surface area contributed by atoms with E-state index in [-0.39, 0.29) is 0 Å². The van der Waals surface area contributed by atoms with Gasteiger partial charge in [-0.05, 0) is 42.7 Å². The van der Waals surface area contributed by atoms with E-state index >= 15 is 0 Å². The summed E-state index contributed by atoms with van der Waals surface area (Å²) in [5.74, 6) is 4.56. The zero-order chi connectivity index (χ0) is 18.9. The first-order valence-electron chi connectivity index (χ1n) is 9.44. The van der Waals surface area contributed by atoms with Gasteiger partial charge in [-0.1, -0.05) is 23.4 Å². The molecule has 0 radical (unpaired) electrons. The van der Waals surface area contributed by atoms with E-state index in [1.165, 1.54) is 12.8 Å². The quantitative estimate of drug-likeness (QED) is 0.531. The first-order chi connectivity index (χ1) is 13.8. The highest BCUT2D eigenvalue weighted by atomic mass is 35.5. The summed E-state index contributed by atoms with van der Waals surface area (Å²) in [6.45, 7) is 1.92. The van der Waals surface area contributed by atoms with Crippen LogP contribution in [0.2, 0.25) is 5.02 Å². The van der Waals surface area contributed by atoms with Crippen molar-refractivity contribution in [2.75, 3.05) is 13.2 Å². The first kappa shape index (κ1) is 17.9.